The first kappa shape index (κ1) is 10.8. The fourth-order valence-corrected chi connectivity index (χ4v) is 3.21. The second kappa shape index (κ2) is 4.51. The number of fused-ring (bicyclic) bond motifs is 3. The highest BCUT2D eigenvalue weighted by atomic mass is 79.9. The quantitative estimate of drug-likeness (QED) is 0.923. The lowest BCUT2D eigenvalue weighted by Crippen LogP contribution is -2.55. The number of halogens is 1. The molecule has 3 saturated heterocycles. The molecule has 0 amide bonds. The van der Waals surface area contributed by atoms with E-state index in [4.69, 9.17) is 4.42 Å². The van der Waals surface area contributed by atoms with Crippen LogP contribution in [0.5, 0.6) is 0 Å². The van der Waals surface area contributed by atoms with Gasteiger partial charge in [0, 0.05) is 12.6 Å². The molecule has 3 aliphatic rings. The van der Waals surface area contributed by atoms with Gasteiger partial charge >= 0.3 is 0 Å². The van der Waals surface area contributed by atoms with Crippen LogP contribution in [0, 0.1) is 5.92 Å². The van der Waals surface area contributed by atoms with Crippen LogP contribution in [-0.4, -0.2) is 30.6 Å². The van der Waals surface area contributed by atoms with E-state index < -0.39 is 0 Å². The predicted molar refractivity (Wildman–Crippen MR) is 66.2 cm³/mol. The van der Waals surface area contributed by atoms with Gasteiger partial charge in [-0.25, -0.2) is 0 Å². The van der Waals surface area contributed by atoms with Gasteiger partial charge in [0.15, 0.2) is 0 Å². The Morgan fingerprint density at radius 1 is 1.44 bits per heavy atom. The van der Waals surface area contributed by atoms with Crippen molar-refractivity contribution < 1.29 is 4.42 Å². The van der Waals surface area contributed by atoms with Crippen LogP contribution < -0.4 is 5.32 Å². The van der Waals surface area contributed by atoms with Gasteiger partial charge < -0.3 is 14.6 Å². The predicted octanol–water partition coefficient (Wildman–Crippen LogP) is 2.23. The Balaban J connectivity index is 1.58. The molecule has 1 atom stereocenters. The summed E-state index contributed by atoms with van der Waals surface area (Å²) in [4.78, 5) is 2.56. The molecule has 2 bridgehead atoms. The lowest BCUT2D eigenvalue weighted by molar-refractivity contribution is 0.0711. The maximum Gasteiger partial charge on any atom is 0.131 e. The lowest BCUT2D eigenvalue weighted by Gasteiger charge is -2.45. The number of rotatable bonds is 3. The average Bonchev–Trinajstić information content (AvgIpc) is 2.74. The Labute approximate surface area is 104 Å². The normalized spacial score (nSPS) is 33.2. The summed E-state index contributed by atoms with van der Waals surface area (Å²) in [5.74, 6) is 1.88. The van der Waals surface area contributed by atoms with E-state index in [2.05, 4.69) is 26.1 Å². The molecule has 88 valence electrons. The second-order valence-electron chi connectivity index (χ2n) is 4.82. The van der Waals surface area contributed by atoms with Crippen molar-refractivity contribution in [2.75, 3.05) is 19.6 Å². The minimum atomic E-state index is 0.652. The maximum absolute atomic E-state index is 5.41. The Kier molecular flexibility index (Phi) is 3.05. The molecule has 0 aliphatic carbocycles. The summed E-state index contributed by atoms with van der Waals surface area (Å²) in [7, 11) is 0. The van der Waals surface area contributed by atoms with E-state index in [1.165, 1.54) is 32.5 Å². The van der Waals surface area contributed by atoms with Gasteiger partial charge in [0.05, 0.1) is 17.3 Å². The molecule has 16 heavy (non-hydrogen) atoms. The van der Waals surface area contributed by atoms with Crippen LogP contribution in [0.2, 0.25) is 0 Å². The molecule has 0 saturated carbocycles. The average molecular weight is 285 g/mol. The highest BCUT2D eigenvalue weighted by Gasteiger charge is 2.33. The van der Waals surface area contributed by atoms with E-state index in [-0.39, 0.29) is 0 Å². The van der Waals surface area contributed by atoms with Crippen LogP contribution in [0.3, 0.4) is 0 Å². The zero-order valence-corrected chi connectivity index (χ0v) is 10.9. The number of nitrogens with one attached hydrogen (secondary N) is 1. The third-order valence-electron chi connectivity index (χ3n) is 3.87. The van der Waals surface area contributed by atoms with Crippen molar-refractivity contribution in [1.29, 1.82) is 0 Å². The van der Waals surface area contributed by atoms with Crippen molar-refractivity contribution in [1.82, 2.24) is 10.2 Å². The summed E-state index contributed by atoms with van der Waals surface area (Å²) in [6, 6.07) is 2.60. The van der Waals surface area contributed by atoms with Gasteiger partial charge in [0.2, 0.25) is 0 Å². The number of hydrogen-bond acceptors (Lipinski definition) is 3. The standard InChI is InChI=1S/C12H17BrN2O/c13-10-3-6-16-12(10)7-14-11-8-15-4-1-9(11)2-5-15/h3,6,9,11,14H,1-2,4-5,7-8H2. The molecule has 0 spiro atoms. The second-order valence-corrected chi connectivity index (χ2v) is 5.67. The van der Waals surface area contributed by atoms with Gasteiger partial charge in [-0.3, -0.25) is 0 Å². The molecule has 0 radical (unpaired) electrons. The van der Waals surface area contributed by atoms with Crippen molar-refractivity contribution in [2.24, 2.45) is 5.92 Å². The molecule has 3 nitrogen and oxygen atoms in total. The Morgan fingerprint density at radius 3 is 2.81 bits per heavy atom. The van der Waals surface area contributed by atoms with Gasteiger partial charge in [-0.05, 0) is 53.8 Å². The Morgan fingerprint density at radius 2 is 2.25 bits per heavy atom. The molecule has 1 N–H and O–H groups in total. The zero-order chi connectivity index (χ0) is 11.0. The van der Waals surface area contributed by atoms with E-state index in [0.717, 1.165) is 22.7 Å². The van der Waals surface area contributed by atoms with E-state index >= 15 is 0 Å². The summed E-state index contributed by atoms with van der Waals surface area (Å²) in [6.45, 7) is 4.65. The van der Waals surface area contributed by atoms with Crippen LogP contribution in [-0.2, 0) is 6.54 Å². The van der Waals surface area contributed by atoms with E-state index in [9.17, 15) is 0 Å². The van der Waals surface area contributed by atoms with Crippen molar-refractivity contribution >= 4 is 15.9 Å². The van der Waals surface area contributed by atoms with Gasteiger partial charge in [-0.15, -0.1) is 0 Å². The van der Waals surface area contributed by atoms with Gasteiger partial charge in [0.25, 0.3) is 0 Å². The minimum absolute atomic E-state index is 0.652. The van der Waals surface area contributed by atoms with Gasteiger partial charge in [0.1, 0.15) is 5.76 Å². The molecule has 1 unspecified atom stereocenters. The van der Waals surface area contributed by atoms with Gasteiger partial charge in [-0.2, -0.15) is 0 Å². The first-order chi connectivity index (χ1) is 7.83. The Hall–Kier alpha value is -0.320. The SMILES string of the molecule is Brc1ccoc1CNC1CN2CCC1CC2. The van der Waals surface area contributed by atoms with Crippen molar-refractivity contribution in [3.8, 4) is 0 Å². The Bertz CT molecular complexity index is 358. The van der Waals surface area contributed by atoms with E-state index in [0.29, 0.717) is 6.04 Å². The van der Waals surface area contributed by atoms with Crippen LogP contribution in [0.25, 0.3) is 0 Å². The van der Waals surface area contributed by atoms with Crippen LogP contribution >= 0.6 is 15.9 Å². The van der Waals surface area contributed by atoms with Crippen LogP contribution in [0.1, 0.15) is 18.6 Å². The number of piperidine rings is 3. The number of hydrogen-bond donors (Lipinski definition) is 1. The molecule has 4 heteroatoms. The molecular formula is C12H17BrN2O. The molecule has 3 aliphatic heterocycles. The molecule has 4 heterocycles. The summed E-state index contributed by atoms with van der Waals surface area (Å²) in [5, 5.41) is 3.63. The topological polar surface area (TPSA) is 28.4 Å². The first-order valence-electron chi connectivity index (χ1n) is 6.00. The highest BCUT2D eigenvalue weighted by molar-refractivity contribution is 9.10. The summed E-state index contributed by atoms with van der Waals surface area (Å²) in [5.41, 5.74) is 0. The summed E-state index contributed by atoms with van der Waals surface area (Å²) < 4.78 is 6.48. The third-order valence-corrected chi connectivity index (χ3v) is 4.58. The molecule has 4 rings (SSSR count). The smallest absolute Gasteiger partial charge is 0.131 e. The fourth-order valence-electron chi connectivity index (χ4n) is 2.87. The summed E-state index contributed by atoms with van der Waals surface area (Å²) in [6.07, 6.45) is 4.45. The zero-order valence-electron chi connectivity index (χ0n) is 9.29. The molecule has 0 aromatic carbocycles. The molecule has 1 aromatic rings. The highest BCUT2D eigenvalue weighted by Crippen LogP contribution is 2.28. The fraction of sp³-hybridized carbons (Fsp3) is 0.667. The first-order valence-corrected chi connectivity index (χ1v) is 6.80. The van der Waals surface area contributed by atoms with Crippen molar-refractivity contribution in [3.05, 3.63) is 22.6 Å². The monoisotopic (exact) mass is 284 g/mol. The van der Waals surface area contributed by atoms with E-state index in [1.54, 1.807) is 6.26 Å². The lowest BCUT2D eigenvalue weighted by atomic mass is 9.84. The molecular weight excluding hydrogens is 268 g/mol. The van der Waals surface area contributed by atoms with Gasteiger partial charge in [-0.1, -0.05) is 0 Å². The largest absolute Gasteiger partial charge is 0.467 e. The molecule has 1 aromatic heterocycles. The number of furan rings is 1. The minimum Gasteiger partial charge on any atom is -0.467 e. The molecule has 3 fully saturated rings. The summed E-state index contributed by atoms with van der Waals surface area (Å²) >= 11 is 3.49. The van der Waals surface area contributed by atoms with Crippen LogP contribution in [0.15, 0.2) is 21.2 Å². The maximum atomic E-state index is 5.41. The van der Waals surface area contributed by atoms with E-state index in [1.807, 2.05) is 6.07 Å². The van der Waals surface area contributed by atoms with Crippen molar-refractivity contribution in [2.45, 2.75) is 25.4 Å². The third kappa shape index (κ3) is 2.06. The van der Waals surface area contributed by atoms with Crippen molar-refractivity contribution in [3.63, 3.8) is 0 Å². The van der Waals surface area contributed by atoms with Crippen LogP contribution in [0.4, 0.5) is 0 Å². The number of nitrogens with zero attached hydrogens (tertiary/aromatic N) is 1.